The van der Waals surface area contributed by atoms with Crippen molar-refractivity contribution in [2.24, 2.45) is 0 Å². The number of para-hydroxylation sites is 1. The standard InChI is InChI=1S/C17H11ClFN3OS/c1-10(9-20)24-17-21-15-5-3-2-4-12(15)16(23)22(17)11-6-7-14(19)13(18)8-11/h2-8,10H,1H3/t10-/m0/s1. The van der Waals surface area contributed by atoms with Crippen LogP contribution in [0.5, 0.6) is 0 Å². The van der Waals surface area contributed by atoms with Gasteiger partial charge in [-0.1, -0.05) is 35.5 Å². The van der Waals surface area contributed by atoms with Crippen molar-refractivity contribution in [2.45, 2.75) is 17.3 Å². The SMILES string of the molecule is C[C@@H](C#N)Sc1nc2ccccc2c(=O)n1-c1ccc(F)c(Cl)c1. The number of nitriles is 1. The van der Waals surface area contributed by atoms with Crippen LogP contribution < -0.4 is 5.56 Å². The maximum atomic E-state index is 13.5. The molecule has 1 heterocycles. The molecule has 0 spiro atoms. The zero-order chi connectivity index (χ0) is 17.3. The van der Waals surface area contributed by atoms with Crippen LogP contribution in [0.15, 0.2) is 52.4 Å². The molecule has 120 valence electrons. The van der Waals surface area contributed by atoms with E-state index in [0.29, 0.717) is 21.7 Å². The van der Waals surface area contributed by atoms with Gasteiger partial charge in [0, 0.05) is 0 Å². The van der Waals surface area contributed by atoms with Gasteiger partial charge in [-0.25, -0.2) is 9.37 Å². The van der Waals surface area contributed by atoms with E-state index in [0.717, 1.165) is 11.8 Å². The van der Waals surface area contributed by atoms with E-state index in [1.165, 1.54) is 22.8 Å². The topological polar surface area (TPSA) is 58.7 Å². The summed E-state index contributed by atoms with van der Waals surface area (Å²) in [7, 11) is 0. The lowest BCUT2D eigenvalue weighted by Crippen LogP contribution is -2.22. The van der Waals surface area contributed by atoms with Crippen LogP contribution in [0.25, 0.3) is 16.6 Å². The maximum Gasteiger partial charge on any atom is 0.266 e. The van der Waals surface area contributed by atoms with E-state index in [4.69, 9.17) is 16.9 Å². The van der Waals surface area contributed by atoms with Gasteiger partial charge in [0.15, 0.2) is 5.16 Å². The van der Waals surface area contributed by atoms with Gasteiger partial charge in [-0.05, 0) is 37.3 Å². The Labute approximate surface area is 146 Å². The molecule has 3 rings (SSSR count). The lowest BCUT2D eigenvalue weighted by molar-refractivity contribution is 0.627. The van der Waals surface area contributed by atoms with E-state index in [2.05, 4.69) is 11.1 Å². The number of hydrogen-bond donors (Lipinski definition) is 0. The second-order valence-electron chi connectivity index (χ2n) is 5.04. The smallest absolute Gasteiger partial charge is 0.266 e. The Morgan fingerprint density at radius 2 is 2.08 bits per heavy atom. The van der Waals surface area contributed by atoms with Gasteiger partial charge >= 0.3 is 0 Å². The van der Waals surface area contributed by atoms with Gasteiger partial charge in [-0.2, -0.15) is 5.26 Å². The molecule has 1 aromatic heterocycles. The molecule has 0 unspecified atom stereocenters. The van der Waals surface area contributed by atoms with Gasteiger partial charge in [0.05, 0.1) is 32.9 Å². The van der Waals surface area contributed by atoms with Gasteiger partial charge < -0.3 is 0 Å². The molecule has 3 aromatic rings. The first kappa shape index (κ1) is 16.5. The summed E-state index contributed by atoms with van der Waals surface area (Å²) < 4.78 is 14.8. The molecular weight excluding hydrogens is 349 g/mol. The average Bonchev–Trinajstić information content (AvgIpc) is 2.58. The normalized spacial score (nSPS) is 12.1. The maximum absolute atomic E-state index is 13.5. The van der Waals surface area contributed by atoms with E-state index in [9.17, 15) is 9.18 Å². The fraction of sp³-hybridized carbons (Fsp3) is 0.118. The molecule has 2 aromatic carbocycles. The number of aromatic nitrogens is 2. The molecule has 24 heavy (non-hydrogen) atoms. The number of benzene rings is 2. The Morgan fingerprint density at radius 1 is 1.33 bits per heavy atom. The van der Waals surface area contributed by atoms with Crippen LogP contribution in [0, 0.1) is 17.1 Å². The van der Waals surface area contributed by atoms with Gasteiger partial charge in [-0.3, -0.25) is 9.36 Å². The Balaban J connectivity index is 2.32. The monoisotopic (exact) mass is 359 g/mol. The van der Waals surface area contributed by atoms with Gasteiger partial charge in [0.25, 0.3) is 5.56 Å². The van der Waals surface area contributed by atoms with E-state index >= 15 is 0 Å². The molecule has 0 bridgehead atoms. The van der Waals surface area contributed by atoms with Crippen molar-refractivity contribution >= 4 is 34.3 Å². The number of rotatable bonds is 3. The molecule has 1 atom stereocenters. The summed E-state index contributed by atoms with van der Waals surface area (Å²) in [4.78, 5) is 17.4. The molecule has 7 heteroatoms. The number of fused-ring (bicyclic) bond motifs is 1. The molecule has 0 amide bonds. The summed E-state index contributed by atoms with van der Waals surface area (Å²) in [5.74, 6) is -0.568. The summed E-state index contributed by atoms with van der Waals surface area (Å²) in [6, 6.07) is 13.1. The molecule has 0 saturated carbocycles. The minimum Gasteiger partial charge on any atom is -0.268 e. The van der Waals surface area contributed by atoms with Crippen molar-refractivity contribution in [3.8, 4) is 11.8 Å². The lowest BCUT2D eigenvalue weighted by atomic mass is 10.2. The fourth-order valence-electron chi connectivity index (χ4n) is 2.23. The van der Waals surface area contributed by atoms with Crippen LogP contribution in [0.2, 0.25) is 5.02 Å². The second kappa shape index (κ2) is 6.63. The largest absolute Gasteiger partial charge is 0.268 e. The summed E-state index contributed by atoms with van der Waals surface area (Å²) in [5, 5.41) is 9.37. The van der Waals surface area contributed by atoms with Crippen LogP contribution in [-0.4, -0.2) is 14.8 Å². The van der Waals surface area contributed by atoms with Crippen molar-refractivity contribution in [1.29, 1.82) is 5.26 Å². The highest BCUT2D eigenvalue weighted by atomic mass is 35.5. The Morgan fingerprint density at radius 3 is 2.79 bits per heavy atom. The second-order valence-corrected chi connectivity index (χ2v) is 6.75. The number of nitrogens with zero attached hydrogens (tertiary/aromatic N) is 3. The van der Waals surface area contributed by atoms with Crippen LogP contribution >= 0.6 is 23.4 Å². The summed E-state index contributed by atoms with van der Waals surface area (Å²) in [6.07, 6.45) is 0. The summed E-state index contributed by atoms with van der Waals surface area (Å²) >= 11 is 7.01. The minimum atomic E-state index is -0.568. The molecule has 0 saturated heterocycles. The van der Waals surface area contributed by atoms with Crippen molar-refractivity contribution in [2.75, 3.05) is 0 Å². The predicted octanol–water partition coefficient (Wildman–Crippen LogP) is 4.18. The van der Waals surface area contributed by atoms with Crippen LogP contribution in [0.3, 0.4) is 0 Å². The fourth-order valence-corrected chi connectivity index (χ4v) is 3.22. The molecule has 0 N–H and O–H groups in total. The van der Waals surface area contributed by atoms with Gasteiger partial charge in [-0.15, -0.1) is 0 Å². The quantitative estimate of drug-likeness (QED) is 0.520. The Kier molecular flexibility index (Phi) is 4.56. The lowest BCUT2D eigenvalue weighted by Gasteiger charge is -2.14. The highest BCUT2D eigenvalue weighted by Crippen LogP contribution is 2.26. The van der Waals surface area contributed by atoms with Crippen molar-refractivity contribution in [3.63, 3.8) is 0 Å². The number of thioether (sulfide) groups is 1. The summed E-state index contributed by atoms with van der Waals surface area (Å²) in [5.41, 5.74) is 0.646. The van der Waals surface area contributed by atoms with Crippen LogP contribution in [-0.2, 0) is 0 Å². The third kappa shape index (κ3) is 3.01. The van der Waals surface area contributed by atoms with Crippen LogP contribution in [0.4, 0.5) is 4.39 Å². The van der Waals surface area contributed by atoms with Crippen molar-refractivity contribution < 1.29 is 4.39 Å². The molecule has 0 aliphatic carbocycles. The highest BCUT2D eigenvalue weighted by Gasteiger charge is 2.16. The zero-order valence-electron chi connectivity index (χ0n) is 12.5. The Bertz CT molecular complexity index is 1030. The predicted molar refractivity (Wildman–Crippen MR) is 93.2 cm³/mol. The molecule has 4 nitrogen and oxygen atoms in total. The highest BCUT2D eigenvalue weighted by molar-refractivity contribution is 8.00. The first-order valence-corrected chi connectivity index (χ1v) is 8.30. The zero-order valence-corrected chi connectivity index (χ0v) is 14.1. The molecule has 0 aliphatic rings. The number of hydrogen-bond acceptors (Lipinski definition) is 4. The van der Waals surface area contributed by atoms with E-state index in [1.54, 1.807) is 31.2 Å². The Hall–Kier alpha value is -2.36. The van der Waals surface area contributed by atoms with Crippen molar-refractivity contribution in [3.05, 3.63) is 63.7 Å². The molecular formula is C17H11ClFN3OS. The van der Waals surface area contributed by atoms with Crippen LogP contribution in [0.1, 0.15) is 6.92 Å². The molecule has 0 fully saturated rings. The average molecular weight is 360 g/mol. The molecule has 0 radical (unpaired) electrons. The third-order valence-electron chi connectivity index (χ3n) is 3.37. The summed E-state index contributed by atoms with van der Waals surface area (Å²) in [6.45, 7) is 1.72. The third-order valence-corrected chi connectivity index (χ3v) is 4.60. The molecule has 0 aliphatic heterocycles. The van der Waals surface area contributed by atoms with Gasteiger partial charge in [0.2, 0.25) is 0 Å². The van der Waals surface area contributed by atoms with E-state index in [1.807, 2.05) is 0 Å². The van der Waals surface area contributed by atoms with Gasteiger partial charge in [0.1, 0.15) is 5.82 Å². The van der Waals surface area contributed by atoms with E-state index < -0.39 is 11.1 Å². The minimum absolute atomic E-state index is 0.0863. The first-order valence-electron chi connectivity index (χ1n) is 7.04. The number of halogens is 2. The van der Waals surface area contributed by atoms with Crippen molar-refractivity contribution in [1.82, 2.24) is 9.55 Å². The van der Waals surface area contributed by atoms with E-state index in [-0.39, 0.29) is 10.6 Å². The first-order chi connectivity index (χ1) is 11.5.